The number of aromatic nitrogens is 1. The van der Waals surface area contributed by atoms with Gasteiger partial charge in [-0.05, 0) is 57.0 Å². The summed E-state index contributed by atoms with van der Waals surface area (Å²) in [7, 11) is 0. The molecule has 138 valence electrons. The molecule has 26 heavy (non-hydrogen) atoms. The first-order chi connectivity index (χ1) is 12.6. The van der Waals surface area contributed by atoms with Gasteiger partial charge in [-0.1, -0.05) is 19.3 Å². The number of carbonyl (C=O) groups is 1. The van der Waals surface area contributed by atoms with Gasteiger partial charge in [0.25, 0.3) is 5.91 Å². The van der Waals surface area contributed by atoms with E-state index in [1.54, 1.807) is 12.4 Å². The van der Waals surface area contributed by atoms with Crippen LogP contribution in [0.1, 0.15) is 56.3 Å². The van der Waals surface area contributed by atoms with E-state index in [9.17, 15) is 4.79 Å². The number of amides is 1. The van der Waals surface area contributed by atoms with Crippen molar-refractivity contribution in [3.8, 4) is 5.75 Å². The highest BCUT2D eigenvalue weighted by molar-refractivity contribution is 6.04. The first-order valence-corrected chi connectivity index (χ1v) is 9.40. The summed E-state index contributed by atoms with van der Waals surface area (Å²) < 4.78 is 5.62. The molecule has 3 rings (SSSR count). The van der Waals surface area contributed by atoms with Gasteiger partial charge in [-0.15, -0.1) is 0 Å². The van der Waals surface area contributed by atoms with Gasteiger partial charge in [0.05, 0.1) is 17.4 Å². The normalized spacial score (nSPS) is 14.9. The Balaban J connectivity index is 1.61. The average Bonchev–Trinajstić information content (AvgIpc) is 2.64. The summed E-state index contributed by atoms with van der Waals surface area (Å²) >= 11 is 0. The molecule has 5 heteroatoms. The van der Waals surface area contributed by atoms with Crippen molar-refractivity contribution in [1.82, 2.24) is 4.98 Å². The molecule has 0 unspecified atom stereocenters. The van der Waals surface area contributed by atoms with Crippen LogP contribution in [0.4, 0.5) is 11.4 Å². The zero-order valence-electron chi connectivity index (χ0n) is 15.5. The third kappa shape index (κ3) is 5.22. The monoisotopic (exact) mass is 353 g/mol. The Labute approximate surface area is 155 Å². The molecule has 5 nitrogen and oxygen atoms in total. The molecular formula is C21H27N3O2. The number of hydrogen-bond donors (Lipinski definition) is 2. The third-order valence-electron chi connectivity index (χ3n) is 4.46. The van der Waals surface area contributed by atoms with Crippen LogP contribution < -0.4 is 15.4 Å². The van der Waals surface area contributed by atoms with Gasteiger partial charge in [-0.25, -0.2) is 0 Å². The second-order valence-electron chi connectivity index (χ2n) is 7.09. The van der Waals surface area contributed by atoms with Crippen LogP contribution in [0.15, 0.2) is 42.7 Å². The number of carbonyl (C=O) groups excluding carboxylic acids is 1. The molecule has 1 saturated carbocycles. The minimum atomic E-state index is -0.165. The van der Waals surface area contributed by atoms with E-state index in [-0.39, 0.29) is 12.0 Å². The maximum absolute atomic E-state index is 12.5. The van der Waals surface area contributed by atoms with Crippen molar-refractivity contribution in [2.24, 2.45) is 0 Å². The molecule has 1 aliphatic carbocycles. The zero-order valence-corrected chi connectivity index (χ0v) is 15.5. The van der Waals surface area contributed by atoms with E-state index < -0.39 is 0 Å². The largest absolute Gasteiger partial charge is 0.491 e. The van der Waals surface area contributed by atoms with Gasteiger partial charge in [-0.3, -0.25) is 9.78 Å². The number of ether oxygens (including phenoxy) is 1. The lowest BCUT2D eigenvalue weighted by molar-refractivity contribution is 0.102. The van der Waals surface area contributed by atoms with Gasteiger partial charge >= 0.3 is 0 Å². The summed E-state index contributed by atoms with van der Waals surface area (Å²) in [4.78, 5) is 16.7. The Morgan fingerprint density at radius 2 is 1.81 bits per heavy atom. The van der Waals surface area contributed by atoms with Crippen molar-refractivity contribution < 1.29 is 9.53 Å². The number of pyridine rings is 1. The lowest BCUT2D eigenvalue weighted by Crippen LogP contribution is -2.22. The van der Waals surface area contributed by atoms with E-state index in [1.165, 1.54) is 32.1 Å². The van der Waals surface area contributed by atoms with Crippen molar-refractivity contribution >= 4 is 17.3 Å². The summed E-state index contributed by atoms with van der Waals surface area (Å²) in [5, 5.41) is 6.41. The van der Waals surface area contributed by atoms with E-state index in [0.29, 0.717) is 11.6 Å². The second kappa shape index (κ2) is 8.70. The highest BCUT2D eigenvalue weighted by atomic mass is 16.5. The fourth-order valence-electron chi connectivity index (χ4n) is 3.22. The Bertz CT molecular complexity index is 722. The van der Waals surface area contributed by atoms with E-state index in [4.69, 9.17) is 4.74 Å². The molecule has 1 amide bonds. The Morgan fingerprint density at radius 3 is 2.50 bits per heavy atom. The van der Waals surface area contributed by atoms with E-state index in [2.05, 4.69) is 15.6 Å². The van der Waals surface area contributed by atoms with Crippen LogP contribution in [-0.4, -0.2) is 23.0 Å². The van der Waals surface area contributed by atoms with Gasteiger partial charge in [0.2, 0.25) is 0 Å². The molecule has 2 N–H and O–H groups in total. The summed E-state index contributed by atoms with van der Waals surface area (Å²) in [6, 6.07) is 9.74. The molecular weight excluding hydrogens is 326 g/mol. The van der Waals surface area contributed by atoms with Crippen LogP contribution in [0.2, 0.25) is 0 Å². The van der Waals surface area contributed by atoms with Crippen LogP contribution in [0.25, 0.3) is 0 Å². The Kier molecular flexibility index (Phi) is 6.10. The highest BCUT2D eigenvalue weighted by Crippen LogP contribution is 2.22. The molecule has 1 heterocycles. The molecule has 1 aliphatic rings. The van der Waals surface area contributed by atoms with Gasteiger partial charge in [0.15, 0.2) is 0 Å². The minimum Gasteiger partial charge on any atom is -0.491 e. The lowest BCUT2D eigenvalue weighted by atomic mass is 9.95. The number of anilines is 2. The fourth-order valence-corrected chi connectivity index (χ4v) is 3.22. The van der Waals surface area contributed by atoms with Crippen LogP contribution in [0.5, 0.6) is 5.75 Å². The van der Waals surface area contributed by atoms with Gasteiger partial charge in [0, 0.05) is 24.1 Å². The summed E-state index contributed by atoms with van der Waals surface area (Å²) in [5.74, 6) is 0.626. The molecule has 0 spiro atoms. The van der Waals surface area contributed by atoms with Crippen LogP contribution in [-0.2, 0) is 0 Å². The van der Waals surface area contributed by atoms with Crippen LogP contribution in [0, 0.1) is 0 Å². The van der Waals surface area contributed by atoms with E-state index in [0.717, 1.165) is 17.1 Å². The molecule has 0 aliphatic heterocycles. The van der Waals surface area contributed by atoms with Crippen molar-refractivity contribution in [2.45, 2.75) is 58.1 Å². The number of nitrogens with one attached hydrogen (secondary N) is 2. The maximum atomic E-state index is 12.5. The fraction of sp³-hybridized carbons (Fsp3) is 0.429. The molecule has 0 atom stereocenters. The minimum absolute atomic E-state index is 0.126. The molecule has 1 fully saturated rings. The highest BCUT2D eigenvalue weighted by Gasteiger charge is 2.14. The van der Waals surface area contributed by atoms with Crippen molar-refractivity contribution in [3.05, 3.63) is 48.3 Å². The summed E-state index contributed by atoms with van der Waals surface area (Å²) in [6.45, 7) is 3.97. The summed E-state index contributed by atoms with van der Waals surface area (Å²) in [6.07, 6.45) is 9.72. The smallest absolute Gasteiger partial charge is 0.257 e. The lowest BCUT2D eigenvalue weighted by Gasteiger charge is -2.23. The van der Waals surface area contributed by atoms with Gasteiger partial charge in [0.1, 0.15) is 5.75 Å². The van der Waals surface area contributed by atoms with Gasteiger partial charge in [-0.2, -0.15) is 0 Å². The SMILES string of the molecule is CC(C)Oc1ccc(NC(=O)c2cncc(NC3CCCCC3)c2)cc1. The quantitative estimate of drug-likeness (QED) is 0.778. The maximum Gasteiger partial charge on any atom is 0.257 e. The Hall–Kier alpha value is -2.56. The molecule has 1 aromatic heterocycles. The topological polar surface area (TPSA) is 63.2 Å². The third-order valence-corrected chi connectivity index (χ3v) is 4.46. The van der Waals surface area contributed by atoms with Crippen molar-refractivity contribution in [2.75, 3.05) is 10.6 Å². The number of hydrogen-bond acceptors (Lipinski definition) is 4. The van der Waals surface area contributed by atoms with Crippen molar-refractivity contribution in [1.29, 1.82) is 0 Å². The molecule has 0 radical (unpaired) electrons. The van der Waals surface area contributed by atoms with E-state index in [1.807, 2.05) is 44.2 Å². The molecule has 0 saturated heterocycles. The first-order valence-electron chi connectivity index (χ1n) is 9.40. The van der Waals surface area contributed by atoms with Crippen molar-refractivity contribution in [3.63, 3.8) is 0 Å². The number of nitrogens with zero attached hydrogens (tertiary/aromatic N) is 1. The standard InChI is InChI=1S/C21H27N3O2/c1-15(2)26-20-10-8-18(9-11-20)24-21(25)16-12-19(14-22-13-16)23-17-6-4-3-5-7-17/h8-15,17,23H,3-7H2,1-2H3,(H,24,25). The predicted molar refractivity (Wildman–Crippen MR) is 105 cm³/mol. The first kappa shape index (κ1) is 18.2. The van der Waals surface area contributed by atoms with Gasteiger partial charge < -0.3 is 15.4 Å². The second-order valence-corrected chi connectivity index (χ2v) is 7.09. The molecule has 2 aromatic rings. The molecule has 0 bridgehead atoms. The number of rotatable bonds is 6. The molecule has 1 aromatic carbocycles. The average molecular weight is 353 g/mol. The zero-order chi connectivity index (χ0) is 18.4. The van der Waals surface area contributed by atoms with Crippen LogP contribution >= 0.6 is 0 Å². The summed E-state index contributed by atoms with van der Waals surface area (Å²) in [5.41, 5.74) is 2.19. The number of benzene rings is 1. The Morgan fingerprint density at radius 1 is 1.08 bits per heavy atom. The predicted octanol–water partition coefficient (Wildman–Crippen LogP) is 4.87. The van der Waals surface area contributed by atoms with Crippen LogP contribution in [0.3, 0.4) is 0 Å². The van der Waals surface area contributed by atoms with E-state index >= 15 is 0 Å².